The fourth-order valence-corrected chi connectivity index (χ4v) is 3.82. The van der Waals surface area contributed by atoms with Crippen molar-refractivity contribution >= 4 is 47.1 Å². The summed E-state index contributed by atoms with van der Waals surface area (Å²) in [5.41, 5.74) is 6.58. The number of nitrogens with one attached hydrogen (secondary N) is 1. The molecule has 0 saturated heterocycles. The molecule has 1 aromatic heterocycles. The maximum atomic E-state index is 12.0. The number of amides is 1. The zero-order chi connectivity index (χ0) is 20.1. The molecule has 3 aromatic rings. The van der Waals surface area contributed by atoms with Gasteiger partial charge in [0.2, 0.25) is 5.91 Å². The largest absolute Gasteiger partial charge is 0.318 e. The van der Waals surface area contributed by atoms with Crippen LogP contribution in [-0.2, 0) is 4.79 Å². The molecule has 3 rings (SSSR count). The minimum absolute atomic E-state index is 0.167. The third-order valence-corrected chi connectivity index (χ3v) is 5.61. The molecular weight excluding hydrogens is 413 g/mol. The molecule has 0 bridgehead atoms. The maximum absolute atomic E-state index is 12.0. The third-order valence-electron chi connectivity index (χ3n) is 4.11. The maximum Gasteiger partial charge on any atom is 0.250 e. The highest BCUT2D eigenvalue weighted by molar-refractivity contribution is 8.00. The van der Waals surface area contributed by atoms with Gasteiger partial charge in [0, 0.05) is 37.6 Å². The number of hydrazone groups is 1. The molecule has 1 amide bonds. The molecule has 1 heterocycles. The molecule has 0 spiro atoms. The van der Waals surface area contributed by atoms with E-state index in [-0.39, 0.29) is 11.7 Å². The van der Waals surface area contributed by atoms with Crippen molar-refractivity contribution in [3.05, 3.63) is 81.6 Å². The number of aromatic nitrogens is 1. The first kappa shape index (κ1) is 20.5. The number of hydrogen-bond donors (Lipinski definition) is 1. The lowest BCUT2D eigenvalue weighted by Gasteiger charge is -2.09. The van der Waals surface area contributed by atoms with Gasteiger partial charge in [-0.25, -0.2) is 5.43 Å². The highest BCUT2D eigenvalue weighted by atomic mass is 35.5. The Hall–Kier alpha value is -2.21. The first-order chi connectivity index (χ1) is 13.4. The first-order valence-electron chi connectivity index (χ1n) is 8.59. The van der Waals surface area contributed by atoms with E-state index in [2.05, 4.69) is 15.1 Å². The Kier molecular flexibility index (Phi) is 6.83. The standard InChI is InChI=1S/C21H19Cl2N3OS/c1-14-10-16(15(2)26(14)19-5-3-4-18(23)11-19)12-24-25-21(27)13-28-20-8-6-17(22)7-9-20/h3-12H,13H2,1-2H3,(H,25,27)/b24-12-. The van der Waals surface area contributed by atoms with Crippen LogP contribution in [0, 0.1) is 13.8 Å². The van der Waals surface area contributed by atoms with E-state index in [0.717, 1.165) is 27.5 Å². The quantitative estimate of drug-likeness (QED) is 0.311. The van der Waals surface area contributed by atoms with E-state index in [9.17, 15) is 4.79 Å². The van der Waals surface area contributed by atoms with Crippen LogP contribution in [0.3, 0.4) is 0 Å². The van der Waals surface area contributed by atoms with E-state index in [1.165, 1.54) is 11.8 Å². The molecule has 28 heavy (non-hydrogen) atoms. The van der Waals surface area contributed by atoms with Crippen molar-refractivity contribution < 1.29 is 4.79 Å². The van der Waals surface area contributed by atoms with Gasteiger partial charge in [-0.05, 0) is 62.4 Å². The summed E-state index contributed by atoms with van der Waals surface area (Å²) in [4.78, 5) is 13.0. The van der Waals surface area contributed by atoms with Gasteiger partial charge in [0.05, 0.1) is 12.0 Å². The van der Waals surface area contributed by atoms with Crippen LogP contribution in [0.2, 0.25) is 10.0 Å². The SMILES string of the molecule is Cc1cc(/C=N\NC(=O)CSc2ccc(Cl)cc2)c(C)n1-c1cccc(Cl)c1. The van der Waals surface area contributed by atoms with Crippen molar-refractivity contribution in [2.45, 2.75) is 18.7 Å². The number of benzene rings is 2. The van der Waals surface area contributed by atoms with Crippen LogP contribution in [0.4, 0.5) is 0 Å². The summed E-state index contributed by atoms with van der Waals surface area (Å²) in [5, 5.41) is 5.46. The molecule has 0 fully saturated rings. The highest BCUT2D eigenvalue weighted by Crippen LogP contribution is 2.22. The van der Waals surface area contributed by atoms with E-state index >= 15 is 0 Å². The number of nitrogens with zero attached hydrogens (tertiary/aromatic N) is 2. The summed E-state index contributed by atoms with van der Waals surface area (Å²) >= 11 is 13.4. The van der Waals surface area contributed by atoms with E-state index in [1.807, 2.05) is 56.3 Å². The molecule has 0 aliphatic carbocycles. The van der Waals surface area contributed by atoms with Crippen LogP contribution in [0.25, 0.3) is 5.69 Å². The highest BCUT2D eigenvalue weighted by Gasteiger charge is 2.10. The summed E-state index contributed by atoms with van der Waals surface area (Å²) in [6.45, 7) is 4.03. The second-order valence-electron chi connectivity index (χ2n) is 6.18. The van der Waals surface area contributed by atoms with Gasteiger partial charge in [0.1, 0.15) is 0 Å². The number of thioether (sulfide) groups is 1. The van der Waals surface area contributed by atoms with Crippen molar-refractivity contribution in [1.29, 1.82) is 0 Å². The molecule has 0 unspecified atom stereocenters. The van der Waals surface area contributed by atoms with Crippen molar-refractivity contribution in [2.75, 3.05) is 5.75 Å². The Balaban J connectivity index is 1.62. The van der Waals surface area contributed by atoms with Gasteiger partial charge in [0.15, 0.2) is 0 Å². The first-order valence-corrected chi connectivity index (χ1v) is 10.3. The van der Waals surface area contributed by atoms with Crippen LogP contribution in [0.5, 0.6) is 0 Å². The minimum Gasteiger partial charge on any atom is -0.318 e. The lowest BCUT2D eigenvalue weighted by molar-refractivity contribution is -0.118. The van der Waals surface area contributed by atoms with Crippen LogP contribution in [-0.4, -0.2) is 22.4 Å². The average Bonchev–Trinajstić information content (AvgIpc) is 2.95. The molecule has 0 atom stereocenters. The van der Waals surface area contributed by atoms with Gasteiger partial charge in [-0.1, -0.05) is 29.3 Å². The Morgan fingerprint density at radius 2 is 1.86 bits per heavy atom. The predicted molar refractivity (Wildman–Crippen MR) is 118 cm³/mol. The molecule has 2 aromatic carbocycles. The smallest absolute Gasteiger partial charge is 0.250 e. The van der Waals surface area contributed by atoms with Gasteiger partial charge >= 0.3 is 0 Å². The van der Waals surface area contributed by atoms with Gasteiger partial charge in [-0.2, -0.15) is 5.10 Å². The topological polar surface area (TPSA) is 46.4 Å². The van der Waals surface area contributed by atoms with Crippen LogP contribution in [0.15, 0.2) is 64.6 Å². The van der Waals surface area contributed by atoms with Crippen LogP contribution >= 0.6 is 35.0 Å². The Morgan fingerprint density at radius 1 is 1.11 bits per heavy atom. The predicted octanol–water partition coefficient (Wildman–Crippen LogP) is 5.64. The normalized spacial score (nSPS) is 11.1. The monoisotopic (exact) mass is 431 g/mol. The second kappa shape index (κ2) is 9.32. The van der Waals surface area contributed by atoms with Gasteiger partial charge in [-0.3, -0.25) is 4.79 Å². The Morgan fingerprint density at radius 3 is 2.57 bits per heavy atom. The molecular formula is C21H19Cl2N3OS. The molecule has 0 radical (unpaired) electrons. The summed E-state index contributed by atoms with van der Waals surface area (Å²) in [6.07, 6.45) is 1.66. The fraction of sp³-hybridized carbons (Fsp3) is 0.143. The van der Waals surface area contributed by atoms with Gasteiger partial charge in [0.25, 0.3) is 0 Å². The number of carbonyl (C=O) groups is 1. The van der Waals surface area contributed by atoms with E-state index < -0.39 is 0 Å². The summed E-state index contributed by atoms with van der Waals surface area (Å²) in [7, 11) is 0. The van der Waals surface area contributed by atoms with Crippen molar-refractivity contribution in [3.8, 4) is 5.69 Å². The Bertz CT molecular complexity index is 1010. The minimum atomic E-state index is -0.167. The van der Waals surface area contributed by atoms with E-state index in [4.69, 9.17) is 23.2 Å². The third kappa shape index (κ3) is 5.19. The molecule has 0 aliphatic rings. The summed E-state index contributed by atoms with van der Waals surface area (Å²) in [6, 6.07) is 17.1. The summed E-state index contributed by atoms with van der Waals surface area (Å²) < 4.78 is 2.10. The number of halogens is 2. The Labute approximate surface area is 178 Å². The number of rotatable bonds is 6. The zero-order valence-corrected chi connectivity index (χ0v) is 17.8. The fourth-order valence-electron chi connectivity index (χ4n) is 2.82. The second-order valence-corrected chi connectivity index (χ2v) is 8.10. The molecule has 7 heteroatoms. The zero-order valence-electron chi connectivity index (χ0n) is 15.4. The van der Waals surface area contributed by atoms with E-state index in [1.54, 1.807) is 18.3 Å². The summed E-state index contributed by atoms with van der Waals surface area (Å²) in [5.74, 6) is 0.111. The molecule has 4 nitrogen and oxygen atoms in total. The number of hydrogen-bond acceptors (Lipinski definition) is 3. The lowest BCUT2D eigenvalue weighted by atomic mass is 10.2. The molecule has 0 aliphatic heterocycles. The van der Waals surface area contributed by atoms with Crippen molar-refractivity contribution in [1.82, 2.24) is 9.99 Å². The number of aryl methyl sites for hydroxylation is 1. The van der Waals surface area contributed by atoms with E-state index in [0.29, 0.717) is 10.0 Å². The van der Waals surface area contributed by atoms with Crippen molar-refractivity contribution in [3.63, 3.8) is 0 Å². The van der Waals surface area contributed by atoms with Gasteiger partial charge in [-0.15, -0.1) is 11.8 Å². The van der Waals surface area contributed by atoms with Crippen LogP contribution in [0.1, 0.15) is 17.0 Å². The lowest BCUT2D eigenvalue weighted by Crippen LogP contribution is -2.19. The molecule has 0 saturated carbocycles. The number of carbonyl (C=O) groups excluding carboxylic acids is 1. The van der Waals surface area contributed by atoms with Crippen LogP contribution < -0.4 is 5.43 Å². The molecule has 1 N–H and O–H groups in total. The van der Waals surface area contributed by atoms with Gasteiger partial charge < -0.3 is 4.57 Å². The molecule has 144 valence electrons. The van der Waals surface area contributed by atoms with Crippen molar-refractivity contribution in [2.24, 2.45) is 5.10 Å². The average molecular weight is 432 g/mol.